The molecule has 0 saturated heterocycles. The normalized spacial score (nSPS) is 28.1. The van der Waals surface area contributed by atoms with Gasteiger partial charge in [0, 0.05) is 18.5 Å². The number of aliphatic imine (C=N–C) groups is 1. The summed E-state index contributed by atoms with van der Waals surface area (Å²) < 4.78 is 0. The van der Waals surface area contributed by atoms with Gasteiger partial charge in [0.2, 0.25) is 0 Å². The first-order valence-electron chi connectivity index (χ1n) is 5.51. The van der Waals surface area contributed by atoms with Crippen LogP contribution in [0.5, 0.6) is 0 Å². The molecule has 1 unspecified atom stereocenters. The Morgan fingerprint density at radius 3 is 2.85 bits per heavy atom. The maximum atomic E-state index is 4.46. The van der Waals surface area contributed by atoms with Crippen molar-refractivity contribution >= 4 is 5.84 Å². The summed E-state index contributed by atoms with van der Waals surface area (Å²) in [7, 11) is 0. The van der Waals surface area contributed by atoms with Crippen LogP contribution in [0.15, 0.2) is 4.99 Å². The van der Waals surface area contributed by atoms with Crippen LogP contribution in [0.2, 0.25) is 0 Å². The zero-order chi connectivity index (χ0) is 9.73. The van der Waals surface area contributed by atoms with E-state index in [1.807, 2.05) is 0 Å². The quantitative estimate of drug-likeness (QED) is 0.710. The average Bonchev–Trinajstić information content (AvgIpc) is 2.15. The number of rotatable bonds is 4. The molecule has 0 spiro atoms. The van der Waals surface area contributed by atoms with Crippen molar-refractivity contribution in [3.63, 3.8) is 0 Å². The maximum Gasteiger partial charge on any atom is 0.0964 e. The highest BCUT2D eigenvalue weighted by atomic mass is 15.1. The topological polar surface area (TPSA) is 24.4 Å². The molecule has 76 valence electrons. The van der Waals surface area contributed by atoms with E-state index in [4.69, 9.17) is 0 Å². The minimum Gasteiger partial charge on any atom is -0.369 e. The maximum absolute atomic E-state index is 4.46. The SMILES string of the molecule is CCCCC1(C)CCN=C(CC)N1. The van der Waals surface area contributed by atoms with Crippen molar-refractivity contribution in [2.75, 3.05) is 6.54 Å². The van der Waals surface area contributed by atoms with Gasteiger partial charge in [0.15, 0.2) is 0 Å². The molecule has 1 rings (SSSR count). The fourth-order valence-corrected chi connectivity index (χ4v) is 1.84. The van der Waals surface area contributed by atoms with Gasteiger partial charge in [-0.25, -0.2) is 0 Å². The molecule has 2 nitrogen and oxygen atoms in total. The van der Waals surface area contributed by atoms with Gasteiger partial charge in [-0.3, -0.25) is 4.99 Å². The molecule has 0 aliphatic carbocycles. The molecule has 0 amide bonds. The lowest BCUT2D eigenvalue weighted by atomic mass is 9.90. The highest BCUT2D eigenvalue weighted by Crippen LogP contribution is 2.21. The molecule has 0 fully saturated rings. The lowest BCUT2D eigenvalue weighted by molar-refractivity contribution is 0.338. The van der Waals surface area contributed by atoms with E-state index in [0.717, 1.165) is 13.0 Å². The van der Waals surface area contributed by atoms with Crippen molar-refractivity contribution in [2.24, 2.45) is 4.99 Å². The summed E-state index contributed by atoms with van der Waals surface area (Å²) in [5.74, 6) is 1.20. The third-order valence-corrected chi connectivity index (χ3v) is 2.83. The monoisotopic (exact) mass is 182 g/mol. The first kappa shape index (κ1) is 10.6. The summed E-state index contributed by atoms with van der Waals surface area (Å²) in [6.07, 6.45) is 6.12. The molecule has 0 aromatic rings. The van der Waals surface area contributed by atoms with E-state index in [2.05, 4.69) is 31.1 Å². The molecule has 0 saturated carbocycles. The second-order valence-electron chi connectivity index (χ2n) is 4.22. The van der Waals surface area contributed by atoms with Crippen LogP contribution in [0, 0.1) is 0 Å². The zero-order valence-electron chi connectivity index (χ0n) is 9.19. The number of unbranched alkanes of at least 4 members (excludes halogenated alkanes) is 1. The molecule has 0 aromatic carbocycles. The van der Waals surface area contributed by atoms with E-state index in [0.29, 0.717) is 5.54 Å². The number of amidine groups is 1. The summed E-state index contributed by atoms with van der Waals surface area (Å²) >= 11 is 0. The van der Waals surface area contributed by atoms with Crippen LogP contribution < -0.4 is 5.32 Å². The van der Waals surface area contributed by atoms with Gasteiger partial charge in [0.05, 0.1) is 5.84 Å². The van der Waals surface area contributed by atoms with E-state index in [1.165, 1.54) is 31.5 Å². The Hall–Kier alpha value is -0.530. The van der Waals surface area contributed by atoms with E-state index in [9.17, 15) is 0 Å². The highest BCUT2D eigenvalue weighted by Gasteiger charge is 2.26. The van der Waals surface area contributed by atoms with Gasteiger partial charge in [0.1, 0.15) is 0 Å². The molecule has 1 N–H and O–H groups in total. The molecule has 1 aliphatic rings. The van der Waals surface area contributed by atoms with E-state index < -0.39 is 0 Å². The van der Waals surface area contributed by atoms with E-state index in [-0.39, 0.29) is 0 Å². The third kappa shape index (κ3) is 3.02. The number of nitrogens with one attached hydrogen (secondary N) is 1. The molecule has 0 radical (unpaired) electrons. The van der Waals surface area contributed by atoms with Crippen LogP contribution in [0.1, 0.15) is 52.9 Å². The molecule has 1 heterocycles. The summed E-state index contributed by atoms with van der Waals surface area (Å²) in [4.78, 5) is 4.46. The lowest BCUT2D eigenvalue weighted by Gasteiger charge is -2.35. The molecule has 1 aliphatic heterocycles. The van der Waals surface area contributed by atoms with Gasteiger partial charge in [-0.15, -0.1) is 0 Å². The van der Waals surface area contributed by atoms with E-state index in [1.54, 1.807) is 0 Å². The standard InChI is InChI=1S/C11H22N2/c1-4-6-7-11(3)8-9-12-10(5-2)13-11/h4-9H2,1-3H3,(H,12,13). The van der Waals surface area contributed by atoms with Gasteiger partial charge < -0.3 is 5.32 Å². The molecule has 0 aromatic heterocycles. The van der Waals surface area contributed by atoms with Crippen molar-refractivity contribution in [1.82, 2.24) is 5.32 Å². The first-order chi connectivity index (χ1) is 6.20. The summed E-state index contributed by atoms with van der Waals surface area (Å²) in [6.45, 7) is 7.75. The minimum atomic E-state index is 0.323. The van der Waals surface area contributed by atoms with Crippen LogP contribution in [0.4, 0.5) is 0 Å². The predicted octanol–water partition coefficient (Wildman–Crippen LogP) is 2.74. The second-order valence-corrected chi connectivity index (χ2v) is 4.22. The van der Waals surface area contributed by atoms with Crippen molar-refractivity contribution in [2.45, 2.75) is 58.4 Å². The molecular formula is C11H22N2. The Bertz CT molecular complexity index is 187. The molecule has 2 heteroatoms. The van der Waals surface area contributed by atoms with Crippen LogP contribution in [0.25, 0.3) is 0 Å². The number of hydrogen-bond acceptors (Lipinski definition) is 2. The lowest BCUT2D eigenvalue weighted by Crippen LogP contribution is -2.49. The fraction of sp³-hybridized carbons (Fsp3) is 0.909. The minimum absolute atomic E-state index is 0.323. The van der Waals surface area contributed by atoms with Gasteiger partial charge in [-0.2, -0.15) is 0 Å². The van der Waals surface area contributed by atoms with Crippen molar-refractivity contribution in [3.8, 4) is 0 Å². The van der Waals surface area contributed by atoms with E-state index >= 15 is 0 Å². The molecular weight excluding hydrogens is 160 g/mol. The van der Waals surface area contributed by atoms with Crippen LogP contribution in [-0.2, 0) is 0 Å². The van der Waals surface area contributed by atoms with Crippen LogP contribution >= 0.6 is 0 Å². The fourth-order valence-electron chi connectivity index (χ4n) is 1.84. The Morgan fingerprint density at radius 2 is 2.23 bits per heavy atom. The zero-order valence-corrected chi connectivity index (χ0v) is 9.19. The largest absolute Gasteiger partial charge is 0.369 e. The van der Waals surface area contributed by atoms with Crippen LogP contribution in [0.3, 0.4) is 0 Å². The Balaban J connectivity index is 2.46. The smallest absolute Gasteiger partial charge is 0.0964 e. The van der Waals surface area contributed by atoms with Crippen molar-refractivity contribution in [1.29, 1.82) is 0 Å². The predicted molar refractivity (Wildman–Crippen MR) is 58.3 cm³/mol. The first-order valence-corrected chi connectivity index (χ1v) is 5.51. The number of nitrogens with zero attached hydrogens (tertiary/aromatic N) is 1. The number of hydrogen-bond donors (Lipinski definition) is 1. The van der Waals surface area contributed by atoms with Crippen molar-refractivity contribution < 1.29 is 0 Å². The second kappa shape index (κ2) is 4.64. The third-order valence-electron chi connectivity index (χ3n) is 2.83. The summed E-state index contributed by atoms with van der Waals surface area (Å²) in [5, 5.41) is 3.56. The van der Waals surface area contributed by atoms with Crippen molar-refractivity contribution in [3.05, 3.63) is 0 Å². The van der Waals surface area contributed by atoms with Gasteiger partial charge in [-0.05, 0) is 19.8 Å². The van der Waals surface area contributed by atoms with Gasteiger partial charge >= 0.3 is 0 Å². The van der Waals surface area contributed by atoms with Gasteiger partial charge in [0.25, 0.3) is 0 Å². The Labute approximate surface area is 81.8 Å². The Morgan fingerprint density at radius 1 is 1.46 bits per heavy atom. The Kier molecular flexibility index (Phi) is 3.76. The molecule has 13 heavy (non-hydrogen) atoms. The molecule has 0 bridgehead atoms. The highest BCUT2D eigenvalue weighted by molar-refractivity contribution is 5.83. The molecule has 1 atom stereocenters. The average molecular weight is 182 g/mol. The summed E-state index contributed by atoms with van der Waals surface area (Å²) in [6, 6.07) is 0. The summed E-state index contributed by atoms with van der Waals surface area (Å²) in [5.41, 5.74) is 0.323. The van der Waals surface area contributed by atoms with Gasteiger partial charge in [-0.1, -0.05) is 26.7 Å². The van der Waals surface area contributed by atoms with Crippen LogP contribution in [-0.4, -0.2) is 17.9 Å².